The first-order chi connectivity index (χ1) is 15.9. The van der Waals surface area contributed by atoms with Crippen LogP contribution in [0.4, 0.5) is 5.69 Å². The maximum absolute atomic E-state index is 13.0. The second-order valence-electron chi connectivity index (χ2n) is 6.83. The lowest BCUT2D eigenvalue weighted by atomic mass is 10.2. The number of benzene rings is 3. The summed E-state index contributed by atoms with van der Waals surface area (Å²) in [5.74, 6) is 1.20. The van der Waals surface area contributed by atoms with Gasteiger partial charge in [0.2, 0.25) is 0 Å². The summed E-state index contributed by atoms with van der Waals surface area (Å²) in [6.45, 7) is 0.218. The van der Waals surface area contributed by atoms with E-state index in [2.05, 4.69) is 0 Å². The largest absolute Gasteiger partial charge is 0.497 e. The molecule has 0 saturated heterocycles. The molecule has 0 fully saturated rings. The zero-order valence-electron chi connectivity index (χ0n) is 18.6. The molecule has 174 valence electrons. The van der Waals surface area contributed by atoms with Gasteiger partial charge in [-0.15, -0.1) is 0 Å². The third-order valence-electron chi connectivity index (χ3n) is 4.82. The number of ether oxygens (including phenoxy) is 4. The molecule has 0 saturated carbocycles. The third kappa shape index (κ3) is 5.75. The first kappa shape index (κ1) is 23.9. The zero-order chi connectivity index (χ0) is 23.8. The highest BCUT2D eigenvalue weighted by Crippen LogP contribution is 2.30. The van der Waals surface area contributed by atoms with Gasteiger partial charge < -0.3 is 18.9 Å². The second-order valence-corrected chi connectivity index (χ2v) is 8.80. The molecule has 0 radical (unpaired) electrons. The van der Waals surface area contributed by atoms with Gasteiger partial charge in [-0.3, -0.25) is 4.31 Å². The predicted molar refractivity (Wildman–Crippen MR) is 124 cm³/mol. The van der Waals surface area contributed by atoms with E-state index < -0.39 is 16.0 Å². The van der Waals surface area contributed by atoms with Crippen LogP contribution in [0.25, 0.3) is 0 Å². The van der Waals surface area contributed by atoms with E-state index in [1.165, 1.54) is 38.4 Å². The van der Waals surface area contributed by atoms with Gasteiger partial charge in [0.15, 0.2) is 0 Å². The molecule has 0 aromatic heterocycles. The quantitative estimate of drug-likeness (QED) is 0.328. The number of hydrogen-bond donors (Lipinski definition) is 0. The Hall–Kier alpha value is -3.72. The van der Waals surface area contributed by atoms with Gasteiger partial charge in [-0.05, 0) is 60.7 Å². The van der Waals surface area contributed by atoms with E-state index in [-0.39, 0.29) is 23.7 Å². The van der Waals surface area contributed by atoms with E-state index in [9.17, 15) is 13.2 Å². The number of para-hydroxylation sites is 2. The SMILES string of the molecule is COc1ccc(OCCOC(=O)c2ccc(S(=O)(=O)N(C)c3ccccc3OC)cc2)cc1. The van der Waals surface area contributed by atoms with Crippen LogP contribution in [-0.2, 0) is 14.8 Å². The number of methoxy groups -OCH3 is 2. The van der Waals surface area contributed by atoms with E-state index in [1.807, 2.05) is 0 Å². The van der Waals surface area contributed by atoms with Crippen molar-refractivity contribution in [3.8, 4) is 17.2 Å². The summed E-state index contributed by atoms with van der Waals surface area (Å²) in [4.78, 5) is 12.3. The fraction of sp³-hybridized carbons (Fsp3) is 0.208. The summed E-state index contributed by atoms with van der Waals surface area (Å²) in [6.07, 6.45) is 0. The van der Waals surface area contributed by atoms with Crippen molar-refractivity contribution in [2.75, 3.05) is 38.8 Å². The molecule has 0 aliphatic heterocycles. The van der Waals surface area contributed by atoms with Gasteiger partial charge in [0.05, 0.1) is 30.4 Å². The fourth-order valence-electron chi connectivity index (χ4n) is 2.99. The highest BCUT2D eigenvalue weighted by atomic mass is 32.2. The molecule has 0 bridgehead atoms. The molecule has 3 aromatic rings. The molecule has 0 spiro atoms. The van der Waals surface area contributed by atoms with Crippen molar-refractivity contribution in [2.45, 2.75) is 4.90 Å². The predicted octanol–water partition coefficient (Wildman–Crippen LogP) is 3.76. The second kappa shape index (κ2) is 10.7. The Morgan fingerprint density at radius 2 is 1.45 bits per heavy atom. The Morgan fingerprint density at radius 3 is 2.09 bits per heavy atom. The topological polar surface area (TPSA) is 91.4 Å². The Labute approximate surface area is 193 Å². The molecule has 0 unspecified atom stereocenters. The summed E-state index contributed by atoms with van der Waals surface area (Å²) in [7, 11) is 0.644. The number of sulfonamides is 1. The van der Waals surface area contributed by atoms with E-state index in [0.717, 1.165) is 4.31 Å². The van der Waals surface area contributed by atoms with Crippen LogP contribution in [0.1, 0.15) is 10.4 Å². The molecule has 3 rings (SSSR count). The van der Waals surface area contributed by atoms with Gasteiger partial charge in [0, 0.05) is 7.05 Å². The number of anilines is 1. The van der Waals surface area contributed by atoms with Gasteiger partial charge in [-0.2, -0.15) is 0 Å². The van der Waals surface area contributed by atoms with Crippen molar-refractivity contribution >= 4 is 21.7 Å². The summed E-state index contributed by atoms with van der Waals surface area (Å²) >= 11 is 0. The van der Waals surface area contributed by atoms with Gasteiger partial charge in [0.25, 0.3) is 10.0 Å². The summed E-state index contributed by atoms with van der Waals surface area (Å²) < 4.78 is 48.2. The molecule has 0 heterocycles. The van der Waals surface area contributed by atoms with Crippen molar-refractivity contribution in [2.24, 2.45) is 0 Å². The normalized spacial score (nSPS) is 10.9. The van der Waals surface area contributed by atoms with Crippen LogP contribution in [0, 0.1) is 0 Å². The van der Waals surface area contributed by atoms with E-state index in [1.54, 1.807) is 55.6 Å². The average molecular weight is 472 g/mol. The number of carbonyl (C=O) groups is 1. The van der Waals surface area contributed by atoms with Gasteiger partial charge >= 0.3 is 5.97 Å². The van der Waals surface area contributed by atoms with Gasteiger partial charge in [0.1, 0.15) is 30.5 Å². The number of carbonyl (C=O) groups excluding carboxylic acids is 1. The van der Waals surface area contributed by atoms with Crippen LogP contribution in [0.15, 0.2) is 77.7 Å². The smallest absolute Gasteiger partial charge is 0.338 e. The van der Waals surface area contributed by atoms with Crippen LogP contribution in [0.3, 0.4) is 0 Å². The third-order valence-corrected chi connectivity index (χ3v) is 6.60. The molecule has 8 nitrogen and oxygen atoms in total. The highest BCUT2D eigenvalue weighted by Gasteiger charge is 2.24. The molecular formula is C24H25NO7S. The molecule has 0 aliphatic rings. The Bertz CT molecular complexity index is 1180. The molecule has 0 amide bonds. The number of esters is 1. The number of nitrogens with zero attached hydrogens (tertiary/aromatic N) is 1. The highest BCUT2D eigenvalue weighted by molar-refractivity contribution is 7.92. The van der Waals surface area contributed by atoms with Crippen molar-refractivity contribution in [1.82, 2.24) is 0 Å². The Kier molecular flexibility index (Phi) is 7.78. The molecule has 9 heteroatoms. The summed E-state index contributed by atoms with van der Waals surface area (Å²) in [5, 5.41) is 0. The average Bonchev–Trinajstić information content (AvgIpc) is 2.86. The Balaban J connectivity index is 1.58. The van der Waals surface area contributed by atoms with Crippen molar-refractivity contribution in [3.05, 3.63) is 78.4 Å². The van der Waals surface area contributed by atoms with Crippen molar-refractivity contribution < 1.29 is 32.2 Å². The van der Waals surface area contributed by atoms with Crippen LogP contribution in [0.5, 0.6) is 17.2 Å². The van der Waals surface area contributed by atoms with Crippen LogP contribution >= 0.6 is 0 Å². The minimum absolute atomic E-state index is 0.0373. The van der Waals surface area contributed by atoms with Crippen molar-refractivity contribution in [1.29, 1.82) is 0 Å². The zero-order valence-corrected chi connectivity index (χ0v) is 19.4. The maximum atomic E-state index is 13.0. The molecule has 0 atom stereocenters. The first-order valence-electron chi connectivity index (χ1n) is 10.0. The van der Waals surface area contributed by atoms with E-state index in [4.69, 9.17) is 18.9 Å². The van der Waals surface area contributed by atoms with Gasteiger partial charge in [-0.1, -0.05) is 12.1 Å². The summed E-state index contributed by atoms with van der Waals surface area (Å²) in [5.41, 5.74) is 0.638. The lowest BCUT2D eigenvalue weighted by Gasteiger charge is -2.21. The van der Waals surface area contributed by atoms with Crippen LogP contribution in [-0.4, -0.2) is 48.9 Å². The monoisotopic (exact) mass is 471 g/mol. The molecule has 0 N–H and O–H groups in total. The molecule has 3 aromatic carbocycles. The first-order valence-corrected chi connectivity index (χ1v) is 11.5. The summed E-state index contributed by atoms with van der Waals surface area (Å²) in [6, 6.07) is 19.4. The Morgan fingerprint density at radius 1 is 0.818 bits per heavy atom. The lowest BCUT2D eigenvalue weighted by molar-refractivity contribution is 0.0450. The minimum atomic E-state index is -3.85. The van der Waals surface area contributed by atoms with E-state index >= 15 is 0 Å². The minimum Gasteiger partial charge on any atom is -0.497 e. The molecular weight excluding hydrogens is 446 g/mol. The van der Waals surface area contributed by atoms with Gasteiger partial charge in [-0.25, -0.2) is 13.2 Å². The fourth-order valence-corrected chi connectivity index (χ4v) is 4.20. The standard InChI is InChI=1S/C24H25NO7S/c1-25(22-6-4-5-7-23(22)30-3)33(27,28)21-14-8-18(9-15-21)24(26)32-17-16-31-20-12-10-19(29-2)11-13-20/h4-15H,16-17H2,1-3H3. The van der Waals surface area contributed by atoms with E-state index in [0.29, 0.717) is 22.9 Å². The number of rotatable bonds is 10. The van der Waals surface area contributed by atoms with Crippen LogP contribution in [0.2, 0.25) is 0 Å². The van der Waals surface area contributed by atoms with Crippen LogP contribution < -0.4 is 18.5 Å². The number of hydrogen-bond acceptors (Lipinski definition) is 7. The lowest BCUT2D eigenvalue weighted by Crippen LogP contribution is -2.27. The maximum Gasteiger partial charge on any atom is 0.338 e. The van der Waals surface area contributed by atoms with Crippen molar-refractivity contribution in [3.63, 3.8) is 0 Å². The molecule has 33 heavy (non-hydrogen) atoms. The molecule has 0 aliphatic carbocycles.